The number of nitrogens with zero attached hydrogens (tertiary/aromatic N) is 3. The lowest BCUT2D eigenvalue weighted by Gasteiger charge is -2.17. The minimum atomic E-state index is -0.321. The maximum atomic E-state index is 12.0. The lowest BCUT2D eigenvalue weighted by molar-refractivity contribution is 0.102. The average molecular weight is 277 g/mol. The van der Waals surface area contributed by atoms with Crippen LogP contribution in [0.5, 0.6) is 0 Å². The maximum absolute atomic E-state index is 12.0. The molecule has 0 aliphatic heterocycles. The molecule has 0 saturated carbocycles. The van der Waals surface area contributed by atoms with Crippen molar-refractivity contribution in [3.8, 4) is 0 Å². The molecule has 1 aromatic carbocycles. The second-order valence-electron chi connectivity index (χ2n) is 4.11. The molecule has 5 nitrogen and oxygen atoms in total. The summed E-state index contributed by atoms with van der Waals surface area (Å²) in [5.74, 6) is -0.321. The molecule has 19 heavy (non-hydrogen) atoms. The fourth-order valence-electron chi connectivity index (χ4n) is 1.59. The molecule has 0 fully saturated rings. The highest BCUT2D eigenvalue weighted by Crippen LogP contribution is 2.23. The summed E-state index contributed by atoms with van der Waals surface area (Å²) in [5.41, 5.74) is 1.85. The van der Waals surface area contributed by atoms with Crippen molar-refractivity contribution in [2.24, 2.45) is 0 Å². The van der Waals surface area contributed by atoms with E-state index in [4.69, 9.17) is 11.6 Å². The summed E-state index contributed by atoms with van der Waals surface area (Å²) in [4.78, 5) is 13.9. The van der Waals surface area contributed by atoms with Crippen LogP contribution in [0, 0.1) is 0 Å². The van der Waals surface area contributed by atoms with Gasteiger partial charge in [-0.15, -0.1) is 10.2 Å². The van der Waals surface area contributed by atoms with Gasteiger partial charge in [-0.05, 0) is 24.3 Å². The molecule has 1 heterocycles. The Morgan fingerprint density at radius 3 is 2.53 bits per heavy atom. The highest BCUT2D eigenvalue weighted by Gasteiger charge is 2.11. The normalized spacial score (nSPS) is 10.1. The zero-order valence-electron chi connectivity index (χ0n) is 10.6. The lowest BCUT2D eigenvalue weighted by atomic mass is 10.2. The second kappa shape index (κ2) is 5.67. The topological polar surface area (TPSA) is 58.1 Å². The minimum absolute atomic E-state index is 0.220. The Morgan fingerprint density at radius 1 is 1.16 bits per heavy atom. The van der Waals surface area contributed by atoms with E-state index < -0.39 is 0 Å². The molecule has 0 bridgehead atoms. The average Bonchev–Trinajstić information content (AvgIpc) is 2.39. The summed E-state index contributed by atoms with van der Waals surface area (Å²) >= 11 is 5.63. The number of hydrogen-bond acceptors (Lipinski definition) is 4. The van der Waals surface area contributed by atoms with Crippen molar-refractivity contribution in [3.63, 3.8) is 0 Å². The third-order valence-corrected chi connectivity index (χ3v) is 2.70. The molecule has 2 aromatic rings. The van der Waals surface area contributed by atoms with Crippen molar-refractivity contribution >= 4 is 28.9 Å². The van der Waals surface area contributed by atoms with Gasteiger partial charge in [0.1, 0.15) is 0 Å². The predicted molar refractivity (Wildman–Crippen MR) is 75.8 cm³/mol. The molecular formula is C13H13ClN4O. The first kappa shape index (κ1) is 13.3. The van der Waals surface area contributed by atoms with Gasteiger partial charge in [0.05, 0.1) is 11.4 Å². The van der Waals surface area contributed by atoms with E-state index in [1.807, 2.05) is 43.3 Å². The molecule has 0 spiro atoms. The van der Waals surface area contributed by atoms with Gasteiger partial charge in [-0.25, -0.2) is 0 Å². The highest BCUT2D eigenvalue weighted by molar-refractivity contribution is 6.29. The fraction of sp³-hybridized carbons (Fsp3) is 0.154. The number of halogens is 1. The largest absolute Gasteiger partial charge is 0.376 e. The van der Waals surface area contributed by atoms with Crippen molar-refractivity contribution in [1.82, 2.24) is 10.2 Å². The molecule has 0 saturated heterocycles. The molecule has 1 aromatic heterocycles. The van der Waals surface area contributed by atoms with Crippen molar-refractivity contribution in [3.05, 3.63) is 47.2 Å². The van der Waals surface area contributed by atoms with Gasteiger partial charge >= 0.3 is 0 Å². The van der Waals surface area contributed by atoms with Gasteiger partial charge in [0.2, 0.25) is 0 Å². The van der Waals surface area contributed by atoms with E-state index in [-0.39, 0.29) is 16.8 Å². The number of hydrogen-bond donors (Lipinski definition) is 1. The van der Waals surface area contributed by atoms with Crippen LogP contribution in [0.4, 0.5) is 11.4 Å². The molecule has 0 unspecified atom stereocenters. The van der Waals surface area contributed by atoms with Crippen molar-refractivity contribution in [2.75, 3.05) is 24.3 Å². The Bertz CT molecular complexity index is 583. The number of carbonyl (C=O) groups excluding carboxylic acids is 1. The van der Waals surface area contributed by atoms with E-state index in [1.165, 1.54) is 12.1 Å². The standard InChI is InChI=1S/C13H13ClN4O/c1-18(2)11-6-4-3-5-9(11)15-13(19)10-7-8-12(14)17-16-10/h3-8H,1-2H3,(H,15,19). The van der Waals surface area contributed by atoms with Gasteiger partial charge < -0.3 is 10.2 Å². The molecule has 6 heteroatoms. The molecule has 0 aliphatic rings. The lowest BCUT2D eigenvalue weighted by Crippen LogP contribution is -2.17. The van der Waals surface area contributed by atoms with Gasteiger partial charge in [0, 0.05) is 14.1 Å². The monoisotopic (exact) mass is 276 g/mol. The molecule has 0 radical (unpaired) electrons. The Kier molecular flexibility index (Phi) is 3.97. The van der Waals surface area contributed by atoms with E-state index in [1.54, 1.807) is 0 Å². The molecule has 2 rings (SSSR count). The van der Waals surface area contributed by atoms with Crippen LogP contribution in [0.2, 0.25) is 5.15 Å². The number of amides is 1. The van der Waals surface area contributed by atoms with Gasteiger partial charge in [-0.3, -0.25) is 4.79 Å². The summed E-state index contributed by atoms with van der Waals surface area (Å²) in [6.45, 7) is 0. The van der Waals surface area contributed by atoms with E-state index in [0.29, 0.717) is 5.69 Å². The smallest absolute Gasteiger partial charge is 0.276 e. The van der Waals surface area contributed by atoms with Gasteiger partial charge in [0.15, 0.2) is 10.8 Å². The Hall–Kier alpha value is -2.14. The first-order chi connectivity index (χ1) is 9.08. The quantitative estimate of drug-likeness (QED) is 0.935. The van der Waals surface area contributed by atoms with Crippen LogP contribution in [0.3, 0.4) is 0 Å². The van der Waals surface area contributed by atoms with Crippen molar-refractivity contribution < 1.29 is 4.79 Å². The van der Waals surface area contributed by atoms with Crippen LogP contribution in [-0.2, 0) is 0 Å². The summed E-state index contributed by atoms with van der Waals surface area (Å²) < 4.78 is 0. The van der Waals surface area contributed by atoms with Crippen LogP contribution in [-0.4, -0.2) is 30.2 Å². The van der Waals surface area contributed by atoms with Crippen LogP contribution in [0.1, 0.15) is 10.5 Å². The number of aromatic nitrogens is 2. The number of rotatable bonds is 3. The number of nitrogens with one attached hydrogen (secondary N) is 1. The number of anilines is 2. The van der Waals surface area contributed by atoms with Gasteiger partial charge in [-0.1, -0.05) is 23.7 Å². The number of benzene rings is 1. The minimum Gasteiger partial charge on any atom is -0.376 e. The van der Waals surface area contributed by atoms with Crippen LogP contribution in [0.15, 0.2) is 36.4 Å². The van der Waals surface area contributed by atoms with E-state index >= 15 is 0 Å². The second-order valence-corrected chi connectivity index (χ2v) is 4.49. The third-order valence-electron chi connectivity index (χ3n) is 2.50. The first-order valence-electron chi connectivity index (χ1n) is 5.65. The van der Waals surface area contributed by atoms with Gasteiger partial charge in [0.25, 0.3) is 5.91 Å². The predicted octanol–water partition coefficient (Wildman–Crippen LogP) is 2.45. The molecule has 0 aliphatic carbocycles. The van der Waals surface area contributed by atoms with Crippen LogP contribution in [0.25, 0.3) is 0 Å². The number of carbonyl (C=O) groups is 1. The third kappa shape index (κ3) is 3.20. The maximum Gasteiger partial charge on any atom is 0.276 e. The molecule has 98 valence electrons. The Balaban J connectivity index is 2.22. The summed E-state index contributed by atoms with van der Waals surface area (Å²) in [7, 11) is 3.82. The molecule has 1 N–H and O–H groups in total. The Morgan fingerprint density at radius 2 is 1.89 bits per heavy atom. The van der Waals surface area contributed by atoms with Crippen LogP contribution < -0.4 is 10.2 Å². The highest BCUT2D eigenvalue weighted by atomic mass is 35.5. The van der Waals surface area contributed by atoms with Crippen molar-refractivity contribution in [2.45, 2.75) is 0 Å². The summed E-state index contributed by atoms with van der Waals surface area (Å²) in [6.07, 6.45) is 0. The molecular weight excluding hydrogens is 264 g/mol. The zero-order chi connectivity index (χ0) is 13.8. The summed E-state index contributed by atoms with van der Waals surface area (Å²) in [6, 6.07) is 10.6. The zero-order valence-corrected chi connectivity index (χ0v) is 11.3. The van der Waals surface area contributed by atoms with E-state index in [2.05, 4.69) is 15.5 Å². The first-order valence-corrected chi connectivity index (χ1v) is 6.02. The fourth-order valence-corrected chi connectivity index (χ4v) is 1.69. The molecule has 0 atom stereocenters. The number of para-hydroxylation sites is 2. The van der Waals surface area contributed by atoms with Crippen LogP contribution >= 0.6 is 11.6 Å². The van der Waals surface area contributed by atoms with E-state index in [0.717, 1.165) is 5.69 Å². The van der Waals surface area contributed by atoms with Gasteiger partial charge in [-0.2, -0.15) is 0 Å². The summed E-state index contributed by atoms with van der Waals surface area (Å²) in [5, 5.41) is 10.4. The van der Waals surface area contributed by atoms with Crippen molar-refractivity contribution in [1.29, 1.82) is 0 Å². The molecule has 1 amide bonds. The van der Waals surface area contributed by atoms with E-state index in [9.17, 15) is 4.79 Å². The Labute approximate surface area is 116 Å². The SMILES string of the molecule is CN(C)c1ccccc1NC(=O)c1ccc(Cl)nn1.